The Hall–Kier alpha value is -3.97. The third kappa shape index (κ3) is 3.85. The van der Waals surface area contributed by atoms with Crippen molar-refractivity contribution >= 4 is 28.8 Å². The highest BCUT2D eigenvalue weighted by molar-refractivity contribution is 5.98. The standard InChI is InChI=1S/C25H17FN2O/c26-23-11-7-18(8-12-23)15-28-16-22(24-3-1-2-4-25(24)28)13-21(14-27)20-9-5-19(17-29)6-10-20/h1-13,16-17H,15H2/b21-13+. The predicted octanol–water partition coefficient (Wildman–Crippen LogP) is 5.71. The number of hydrogen-bond acceptors (Lipinski definition) is 2. The number of halogens is 1. The Bertz CT molecular complexity index is 1240. The molecule has 1 heterocycles. The van der Waals surface area contributed by atoms with Crippen molar-refractivity contribution in [1.29, 1.82) is 5.26 Å². The number of aldehydes is 1. The second kappa shape index (κ2) is 7.95. The molecule has 1 aromatic heterocycles. The lowest BCUT2D eigenvalue weighted by molar-refractivity contribution is 0.112. The molecule has 0 atom stereocenters. The van der Waals surface area contributed by atoms with Crippen LogP contribution < -0.4 is 0 Å². The number of fused-ring (bicyclic) bond motifs is 1. The molecule has 0 aliphatic rings. The third-order valence-corrected chi connectivity index (χ3v) is 4.86. The van der Waals surface area contributed by atoms with Crippen molar-refractivity contribution < 1.29 is 9.18 Å². The molecule has 140 valence electrons. The van der Waals surface area contributed by atoms with E-state index >= 15 is 0 Å². The van der Waals surface area contributed by atoms with Crippen molar-refractivity contribution in [1.82, 2.24) is 4.57 Å². The number of carbonyl (C=O) groups excluding carboxylic acids is 1. The number of allylic oxidation sites excluding steroid dienone is 1. The molecule has 4 rings (SSSR count). The largest absolute Gasteiger partial charge is 0.342 e. The first-order valence-corrected chi connectivity index (χ1v) is 9.17. The van der Waals surface area contributed by atoms with Gasteiger partial charge in [0.15, 0.2) is 0 Å². The van der Waals surface area contributed by atoms with Crippen molar-refractivity contribution in [3.05, 3.63) is 107 Å². The minimum absolute atomic E-state index is 0.256. The van der Waals surface area contributed by atoms with Crippen LogP contribution in [0.1, 0.15) is 27.0 Å². The Kier molecular flexibility index (Phi) is 5.05. The van der Waals surface area contributed by atoms with Crippen molar-refractivity contribution in [3.8, 4) is 6.07 Å². The molecular formula is C25H17FN2O. The normalized spacial score (nSPS) is 11.4. The molecule has 0 aliphatic carbocycles. The number of benzene rings is 3. The van der Waals surface area contributed by atoms with Gasteiger partial charge in [-0.1, -0.05) is 54.6 Å². The maximum absolute atomic E-state index is 13.2. The maximum Gasteiger partial charge on any atom is 0.150 e. The van der Waals surface area contributed by atoms with Crippen LogP contribution in [0.25, 0.3) is 22.6 Å². The molecule has 0 fully saturated rings. The van der Waals surface area contributed by atoms with E-state index in [0.717, 1.165) is 33.9 Å². The highest BCUT2D eigenvalue weighted by Gasteiger charge is 2.09. The van der Waals surface area contributed by atoms with Crippen LogP contribution in [0, 0.1) is 17.1 Å². The van der Waals surface area contributed by atoms with Gasteiger partial charge in [-0.3, -0.25) is 4.79 Å². The lowest BCUT2D eigenvalue weighted by atomic mass is 10.0. The monoisotopic (exact) mass is 380 g/mol. The Morgan fingerprint density at radius 2 is 1.72 bits per heavy atom. The van der Waals surface area contributed by atoms with Crippen LogP contribution in [0.15, 0.2) is 79.0 Å². The molecule has 29 heavy (non-hydrogen) atoms. The van der Waals surface area contributed by atoms with Crippen molar-refractivity contribution in [3.63, 3.8) is 0 Å². The Labute approximate surface area is 168 Å². The SMILES string of the molecule is N#C/C(=C\c1cn(Cc2ccc(F)cc2)c2ccccc12)c1ccc(C=O)cc1. The number of hydrogen-bond donors (Lipinski definition) is 0. The predicted molar refractivity (Wildman–Crippen MR) is 113 cm³/mol. The minimum atomic E-state index is -0.256. The van der Waals surface area contributed by atoms with E-state index in [2.05, 4.69) is 10.6 Å². The molecule has 4 aromatic rings. The van der Waals surface area contributed by atoms with Crippen LogP contribution in [-0.2, 0) is 6.54 Å². The number of carbonyl (C=O) groups is 1. The van der Waals surface area contributed by atoms with Gasteiger partial charge in [-0.25, -0.2) is 4.39 Å². The second-order valence-electron chi connectivity index (χ2n) is 6.77. The van der Waals surface area contributed by atoms with Crippen LogP contribution in [-0.4, -0.2) is 10.9 Å². The highest BCUT2D eigenvalue weighted by atomic mass is 19.1. The summed E-state index contributed by atoms with van der Waals surface area (Å²) < 4.78 is 15.3. The summed E-state index contributed by atoms with van der Waals surface area (Å²) in [4.78, 5) is 10.9. The molecule has 0 N–H and O–H groups in total. The van der Waals surface area contributed by atoms with Gasteiger partial charge < -0.3 is 4.57 Å². The van der Waals surface area contributed by atoms with Gasteiger partial charge >= 0.3 is 0 Å². The van der Waals surface area contributed by atoms with E-state index in [9.17, 15) is 14.4 Å². The van der Waals surface area contributed by atoms with E-state index in [-0.39, 0.29) is 5.82 Å². The zero-order valence-corrected chi connectivity index (χ0v) is 15.5. The lowest BCUT2D eigenvalue weighted by Gasteiger charge is -2.05. The van der Waals surface area contributed by atoms with E-state index < -0.39 is 0 Å². The fraction of sp³-hybridized carbons (Fsp3) is 0.0400. The second-order valence-corrected chi connectivity index (χ2v) is 6.77. The fourth-order valence-electron chi connectivity index (χ4n) is 3.38. The molecule has 4 heteroatoms. The van der Waals surface area contributed by atoms with Gasteiger partial charge in [-0.2, -0.15) is 5.26 Å². The van der Waals surface area contributed by atoms with Crippen molar-refractivity contribution in [2.45, 2.75) is 6.54 Å². The van der Waals surface area contributed by atoms with E-state index in [4.69, 9.17) is 0 Å². The zero-order valence-electron chi connectivity index (χ0n) is 15.5. The lowest BCUT2D eigenvalue weighted by Crippen LogP contribution is -1.97. The Morgan fingerprint density at radius 1 is 1.00 bits per heavy atom. The summed E-state index contributed by atoms with van der Waals surface area (Å²) in [5, 5.41) is 10.7. The maximum atomic E-state index is 13.2. The zero-order chi connectivity index (χ0) is 20.2. The van der Waals surface area contributed by atoms with Crippen molar-refractivity contribution in [2.24, 2.45) is 0 Å². The van der Waals surface area contributed by atoms with Crippen LogP contribution in [0.3, 0.4) is 0 Å². The Balaban J connectivity index is 1.76. The molecule has 3 aromatic carbocycles. The number of nitriles is 1. The summed E-state index contributed by atoms with van der Waals surface area (Å²) in [5.74, 6) is -0.256. The van der Waals surface area contributed by atoms with Gasteiger partial charge in [0.2, 0.25) is 0 Å². The number of para-hydroxylation sites is 1. The molecule has 0 saturated heterocycles. The van der Waals surface area contributed by atoms with Crippen molar-refractivity contribution in [2.75, 3.05) is 0 Å². The summed E-state index contributed by atoms with van der Waals surface area (Å²) >= 11 is 0. The van der Waals surface area contributed by atoms with Gasteiger partial charge in [-0.15, -0.1) is 0 Å². The third-order valence-electron chi connectivity index (χ3n) is 4.86. The van der Waals surface area contributed by atoms with Gasteiger partial charge in [-0.05, 0) is 35.4 Å². The highest BCUT2D eigenvalue weighted by Crippen LogP contribution is 2.27. The number of aromatic nitrogens is 1. The summed E-state index contributed by atoms with van der Waals surface area (Å²) in [6.07, 6.45) is 4.65. The summed E-state index contributed by atoms with van der Waals surface area (Å²) in [7, 11) is 0. The molecule has 0 radical (unpaired) electrons. The molecule has 0 unspecified atom stereocenters. The summed E-state index contributed by atoms with van der Waals surface area (Å²) in [6, 6.07) is 23.7. The number of nitrogens with zero attached hydrogens (tertiary/aromatic N) is 2. The van der Waals surface area contributed by atoms with Crippen LogP contribution >= 0.6 is 0 Å². The molecule has 0 spiro atoms. The van der Waals surface area contributed by atoms with Gasteiger partial charge in [0.05, 0.1) is 11.6 Å². The molecule has 0 bridgehead atoms. The van der Waals surface area contributed by atoms with Gasteiger partial charge in [0.25, 0.3) is 0 Å². The van der Waals surface area contributed by atoms with E-state index in [1.807, 2.05) is 36.5 Å². The molecule has 0 aliphatic heterocycles. The first-order chi connectivity index (χ1) is 14.2. The molecule has 3 nitrogen and oxygen atoms in total. The first-order valence-electron chi connectivity index (χ1n) is 9.17. The van der Waals surface area contributed by atoms with Crippen LogP contribution in [0.2, 0.25) is 0 Å². The van der Waals surface area contributed by atoms with Gasteiger partial charge in [0.1, 0.15) is 12.1 Å². The van der Waals surface area contributed by atoms with E-state index in [0.29, 0.717) is 17.7 Å². The summed E-state index contributed by atoms with van der Waals surface area (Å²) in [5.41, 5.74) is 4.81. The number of rotatable bonds is 5. The minimum Gasteiger partial charge on any atom is -0.342 e. The van der Waals surface area contributed by atoms with Crippen LogP contribution in [0.4, 0.5) is 4.39 Å². The quantitative estimate of drug-likeness (QED) is 0.329. The van der Waals surface area contributed by atoms with Gasteiger partial charge in [0, 0.05) is 34.8 Å². The van der Waals surface area contributed by atoms with Crippen LogP contribution in [0.5, 0.6) is 0 Å². The molecular weight excluding hydrogens is 363 g/mol. The topological polar surface area (TPSA) is 45.8 Å². The fourth-order valence-corrected chi connectivity index (χ4v) is 3.38. The Morgan fingerprint density at radius 3 is 2.41 bits per heavy atom. The average molecular weight is 380 g/mol. The molecule has 0 saturated carbocycles. The smallest absolute Gasteiger partial charge is 0.150 e. The van der Waals surface area contributed by atoms with E-state index in [1.165, 1.54) is 12.1 Å². The first kappa shape index (κ1) is 18.4. The van der Waals surface area contributed by atoms with E-state index in [1.54, 1.807) is 36.4 Å². The molecule has 0 amide bonds. The summed E-state index contributed by atoms with van der Waals surface area (Å²) in [6.45, 7) is 0.602. The average Bonchev–Trinajstić information content (AvgIpc) is 3.11.